The molecule has 146 valence electrons. The highest BCUT2D eigenvalue weighted by Crippen LogP contribution is 2.27. The second-order valence-corrected chi connectivity index (χ2v) is 6.89. The van der Waals surface area contributed by atoms with Crippen molar-refractivity contribution in [1.82, 2.24) is 15.5 Å². The Balaban J connectivity index is 1.82. The number of carbonyl (C=O) groups is 1. The van der Waals surface area contributed by atoms with Gasteiger partial charge in [0, 0.05) is 11.1 Å². The van der Waals surface area contributed by atoms with Crippen LogP contribution in [0.25, 0.3) is 11.4 Å². The van der Waals surface area contributed by atoms with E-state index in [-0.39, 0.29) is 17.9 Å². The van der Waals surface area contributed by atoms with E-state index >= 15 is 0 Å². The summed E-state index contributed by atoms with van der Waals surface area (Å²) in [5.41, 5.74) is 2.54. The summed E-state index contributed by atoms with van der Waals surface area (Å²) >= 11 is 0. The Morgan fingerprint density at radius 3 is 2.43 bits per heavy atom. The molecule has 0 aliphatic rings. The Morgan fingerprint density at radius 1 is 1.14 bits per heavy atom. The van der Waals surface area contributed by atoms with E-state index < -0.39 is 0 Å². The quantitative estimate of drug-likeness (QED) is 0.651. The third-order valence-corrected chi connectivity index (χ3v) is 4.87. The van der Waals surface area contributed by atoms with E-state index in [1.54, 1.807) is 7.11 Å². The summed E-state index contributed by atoms with van der Waals surface area (Å²) < 4.78 is 10.7. The molecule has 0 aliphatic heterocycles. The van der Waals surface area contributed by atoms with Gasteiger partial charge in [0.15, 0.2) is 0 Å². The molecule has 3 rings (SSSR count). The van der Waals surface area contributed by atoms with Crippen LogP contribution in [0.1, 0.15) is 48.1 Å². The van der Waals surface area contributed by atoms with Crippen LogP contribution in [0.4, 0.5) is 0 Å². The molecule has 0 bridgehead atoms. The molecule has 0 radical (unpaired) electrons. The topological polar surface area (TPSA) is 77.2 Å². The number of ether oxygens (including phenoxy) is 1. The second kappa shape index (κ2) is 8.69. The van der Waals surface area contributed by atoms with Crippen molar-refractivity contribution in [3.8, 4) is 17.1 Å². The highest BCUT2D eigenvalue weighted by molar-refractivity contribution is 5.94. The van der Waals surface area contributed by atoms with E-state index in [2.05, 4.69) is 29.3 Å². The van der Waals surface area contributed by atoms with Gasteiger partial charge in [0.25, 0.3) is 5.91 Å². The summed E-state index contributed by atoms with van der Waals surface area (Å²) in [6, 6.07) is 14.5. The first-order valence-corrected chi connectivity index (χ1v) is 9.37. The van der Waals surface area contributed by atoms with Crippen molar-refractivity contribution in [2.45, 2.75) is 33.2 Å². The van der Waals surface area contributed by atoms with Crippen molar-refractivity contribution in [3.05, 3.63) is 65.5 Å². The van der Waals surface area contributed by atoms with E-state index in [0.717, 1.165) is 23.3 Å². The van der Waals surface area contributed by atoms with Gasteiger partial charge in [0.1, 0.15) is 11.8 Å². The van der Waals surface area contributed by atoms with Crippen molar-refractivity contribution in [2.24, 2.45) is 5.92 Å². The Bertz CT molecular complexity index is 917. The highest BCUT2D eigenvalue weighted by Gasteiger charge is 2.27. The number of methoxy groups -OCH3 is 1. The summed E-state index contributed by atoms with van der Waals surface area (Å²) in [5.74, 6) is 1.62. The normalized spacial score (nSPS) is 13.0. The number of benzene rings is 2. The van der Waals surface area contributed by atoms with Gasteiger partial charge in [-0.2, -0.15) is 4.98 Å². The molecule has 6 heteroatoms. The number of hydrogen-bond acceptors (Lipinski definition) is 5. The molecule has 2 aromatic carbocycles. The minimum absolute atomic E-state index is 0.138. The number of rotatable bonds is 7. The molecule has 0 aliphatic carbocycles. The Kier molecular flexibility index (Phi) is 6.09. The zero-order chi connectivity index (χ0) is 20.1. The van der Waals surface area contributed by atoms with Crippen LogP contribution in [0.15, 0.2) is 53.1 Å². The lowest BCUT2D eigenvalue weighted by Crippen LogP contribution is -2.32. The van der Waals surface area contributed by atoms with Crippen molar-refractivity contribution in [2.75, 3.05) is 7.11 Å². The predicted octanol–water partition coefficient (Wildman–Crippen LogP) is 4.57. The van der Waals surface area contributed by atoms with Crippen molar-refractivity contribution < 1.29 is 14.1 Å². The Labute approximate surface area is 164 Å². The first kappa shape index (κ1) is 19.6. The van der Waals surface area contributed by atoms with Crippen LogP contribution in [-0.2, 0) is 0 Å². The second-order valence-electron chi connectivity index (χ2n) is 6.89. The van der Waals surface area contributed by atoms with Crippen LogP contribution in [-0.4, -0.2) is 23.2 Å². The maximum Gasteiger partial charge on any atom is 0.251 e. The van der Waals surface area contributed by atoms with Crippen LogP contribution < -0.4 is 10.1 Å². The minimum atomic E-state index is -0.363. The number of hydrogen-bond donors (Lipinski definition) is 1. The van der Waals surface area contributed by atoms with E-state index in [1.165, 1.54) is 0 Å². The average Bonchev–Trinajstić information content (AvgIpc) is 3.21. The minimum Gasteiger partial charge on any atom is -0.497 e. The first-order valence-electron chi connectivity index (χ1n) is 9.37. The van der Waals surface area contributed by atoms with Gasteiger partial charge in [-0.15, -0.1) is 0 Å². The maximum absolute atomic E-state index is 12.7. The summed E-state index contributed by atoms with van der Waals surface area (Å²) in [6.07, 6.45) is 0.860. The Hall–Kier alpha value is -3.15. The van der Waals surface area contributed by atoms with Gasteiger partial charge in [-0.1, -0.05) is 43.1 Å². The molecule has 0 saturated heterocycles. The van der Waals surface area contributed by atoms with E-state index in [9.17, 15) is 4.79 Å². The standard InChI is InChI=1S/C22H25N3O3/c1-5-15(3)19(23-21(26)17-8-6-14(2)7-9-17)22-24-20(25-28-22)16-10-12-18(27-4)13-11-16/h6-13,15,19H,5H2,1-4H3,(H,23,26)/t15-,19+/m1/s1. The lowest BCUT2D eigenvalue weighted by atomic mass is 9.98. The van der Waals surface area contributed by atoms with Gasteiger partial charge in [0.05, 0.1) is 7.11 Å². The van der Waals surface area contributed by atoms with Gasteiger partial charge in [-0.05, 0) is 49.2 Å². The molecule has 3 aromatic rings. The lowest BCUT2D eigenvalue weighted by Gasteiger charge is -2.20. The average molecular weight is 379 g/mol. The van der Waals surface area contributed by atoms with E-state index in [1.807, 2.05) is 55.5 Å². The number of aryl methyl sites for hydroxylation is 1. The fourth-order valence-corrected chi connectivity index (χ4v) is 2.83. The molecule has 1 heterocycles. The zero-order valence-corrected chi connectivity index (χ0v) is 16.6. The number of aromatic nitrogens is 2. The molecular weight excluding hydrogens is 354 g/mol. The SMILES string of the molecule is CC[C@@H](C)[C@H](NC(=O)c1ccc(C)cc1)c1nc(-c2ccc(OC)cc2)no1. The third kappa shape index (κ3) is 4.39. The van der Waals surface area contributed by atoms with Crippen LogP contribution >= 0.6 is 0 Å². The van der Waals surface area contributed by atoms with E-state index in [0.29, 0.717) is 17.3 Å². The monoisotopic (exact) mass is 379 g/mol. The summed E-state index contributed by atoms with van der Waals surface area (Å²) in [7, 11) is 1.62. The van der Waals surface area contributed by atoms with Crippen LogP contribution in [0.5, 0.6) is 5.75 Å². The molecule has 1 aromatic heterocycles. The van der Waals surface area contributed by atoms with Crippen LogP contribution in [0.3, 0.4) is 0 Å². The fourth-order valence-electron chi connectivity index (χ4n) is 2.83. The third-order valence-electron chi connectivity index (χ3n) is 4.87. The summed E-state index contributed by atoms with van der Waals surface area (Å²) in [6.45, 7) is 6.11. The smallest absolute Gasteiger partial charge is 0.251 e. The molecule has 0 spiro atoms. The van der Waals surface area contributed by atoms with E-state index in [4.69, 9.17) is 9.26 Å². The van der Waals surface area contributed by atoms with Crippen molar-refractivity contribution in [1.29, 1.82) is 0 Å². The number of nitrogens with one attached hydrogen (secondary N) is 1. The van der Waals surface area contributed by atoms with Crippen LogP contribution in [0, 0.1) is 12.8 Å². The fraction of sp³-hybridized carbons (Fsp3) is 0.318. The molecular formula is C22H25N3O3. The molecule has 2 atom stereocenters. The van der Waals surface area contributed by atoms with Crippen molar-refractivity contribution >= 4 is 5.91 Å². The summed E-state index contributed by atoms with van der Waals surface area (Å²) in [4.78, 5) is 17.2. The maximum atomic E-state index is 12.7. The predicted molar refractivity (Wildman–Crippen MR) is 107 cm³/mol. The molecule has 1 amide bonds. The zero-order valence-electron chi connectivity index (χ0n) is 16.6. The van der Waals surface area contributed by atoms with Crippen molar-refractivity contribution in [3.63, 3.8) is 0 Å². The number of amides is 1. The van der Waals surface area contributed by atoms with Crippen LogP contribution in [0.2, 0.25) is 0 Å². The molecule has 6 nitrogen and oxygen atoms in total. The lowest BCUT2D eigenvalue weighted by molar-refractivity contribution is 0.0910. The number of nitrogens with zero attached hydrogens (tertiary/aromatic N) is 2. The highest BCUT2D eigenvalue weighted by atomic mass is 16.5. The first-order chi connectivity index (χ1) is 13.5. The van der Waals surface area contributed by atoms with Gasteiger partial charge < -0.3 is 14.6 Å². The molecule has 0 saturated carbocycles. The Morgan fingerprint density at radius 2 is 1.82 bits per heavy atom. The molecule has 28 heavy (non-hydrogen) atoms. The van der Waals surface area contributed by atoms with Gasteiger partial charge in [-0.3, -0.25) is 4.79 Å². The molecule has 0 fully saturated rings. The van der Waals surface area contributed by atoms with Gasteiger partial charge in [0.2, 0.25) is 11.7 Å². The summed E-state index contributed by atoms with van der Waals surface area (Å²) in [5, 5.41) is 7.14. The number of carbonyl (C=O) groups excluding carboxylic acids is 1. The van der Waals surface area contributed by atoms with Gasteiger partial charge >= 0.3 is 0 Å². The van der Waals surface area contributed by atoms with Gasteiger partial charge in [-0.25, -0.2) is 0 Å². The molecule has 1 N–H and O–H groups in total. The molecule has 0 unspecified atom stereocenters. The largest absolute Gasteiger partial charge is 0.497 e.